The van der Waals surface area contributed by atoms with Crippen molar-refractivity contribution in [3.05, 3.63) is 71.8 Å². The Morgan fingerprint density at radius 3 is 1.67 bits per heavy atom. The summed E-state index contributed by atoms with van der Waals surface area (Å²) in [5.74, 6) is 0. The highest BCUT2D eigenvalue weighted by molar-refractivity contribution is 5.32. The van der Waals surface area contributed by atoms with Crippen molar-refractivity contribution in [2.24, 2.45) is 0 Å². The first-order chi connectivity index (χ1) is 8.84. The summed E-state index contributed by atoms with van der Waals surface area (Å²) in [4.78, 5) is 0. The van der Waals surface area contributed by atoms with Crippen molar-refractivity contribution in [2.45, 2.75) is 25.0 Å². The van der Waals surface area contributed by atoms with Crippen LogP contribution in [0.1, 0.15) is 24.1 Å². The molecule has 1 nitrogen and oxygen atoms in total. The van der Waals surface area contributed by atoms with Gasteiger partial charge in [-0.05, 0) is 6.92 Å². The van der Waals surface area contributed by atoms with Crippen molar-refractivity contribution in [2.75, 3.05) is 6.54 Å². The molecule has 18 heavy (non-hydrogen) atoms. The van der Waals surface area contributed by atoms with Crippen LogP contribution in [-0.2, 0) is 0 Å². The maximum atomic E-state index is 2.40. The van der Waals surface area contributed by atoms with E-state index in [1.54, 1.807) is 0 Å². The van der Waals surface area contributed by atoms with Crippen molar-refractivity contribution in [3.63, 3.8) is 0 Å². The molecule has 0 saturated carbocycles. The lowest BCUT2D eigenvalue weighted by atomic mass is 9.97. The summed E-state index contributed by atoms with van der Waals surface area (Å²) in [5, 5.41) is 0. The quantitative estimate of drug-likeness (QED) is 0.566. The van der Waals surface area contributed by atoms with Crippen molar-refractivity contribution >= 4 is 0 Å². The third-order valence-electron chi connectivity index (χ3n) is 4.92. The molecule has 0 N–H and O–H groups in total. The van der Waals surface area contributed by atoms with Crippen LogP contribution in [0.2, 0.25) is 0 Å². The van der Waals surface area contributed by atoms with Crippen LogP contribution in [0, 0.1) is 0 Å². The maximum absolute atomic E-state index is 2.40. The van der Waals surface area contributed by atoms with E-state index < -0.39 is 0 Å². The van der Waals surface area contributed by atoms with Crippen LogP contribution in [0.25, 0.3) is 0 Å². The largest absolute Gasteiger partial charge is 0.289 e. The molecular weight excluding hydrogens is 218 g/mol. The van der Waals surface area contributed by atoms with E-state index in [0.29, 0.717) is 6.04 Å². The van der Waals surface area contributed by atoms with Gasteiger partial charge in [-0.3, -0.25) is 4.48 Å². The number of quaternary nitrogens is 1. The monoisotopic (exact) mass is 236 g/mol. The Morgan fingerprint density at radius 1 is 0.889 bits per heavy atom. The molecule has 2 saturated heterocycles. The van der Waals surface area contributed by atoms with Gasteiger partial charge in [0, 0.05) is 11.1 Å². The molecule has 2 aromatic carbocycles. The highest BCUT2D eigenvalue weighted by atomic mass is 15.7. The number of hydrogen-bond donors (Lipinski definition) is 0. The number of rotatable bonds is 3. The number of fused-ring (bicyclic) bond motifs is 1. The number of benzene rings is 2. The summed E-state index contributed by atoms with van der Waals surface area (Å²) in [5.41, 5.74) is 2.94. The van der Waals surface area contributed by atoms with Gasteiger partial charge in [0.1, 0.15) is 18.6 Å². The molecule has 0 aromatic heterocycles. The van der Waals surface area contributed by atoms with Gasteiger partial charge in [-0.1, -0.05) is 60.7 Å². The number of nitrogens with zero attached hydrogens (tertiary/aromatic N) is 1. The minimum atomic E-state index is 0.549. The molecule has 4 rings (SSSR count). The topological polar surface area (TPSA) is 0 Å². The van der Waals surface area contributed by atoms with Gasteiger partial charge in [0.2, 0.25) is 0 Å². The summed E-state index contributed by atoms with van der Waals surface area (Å²) < 4.78 is 1.30. The van der Waals surface area contributed by atoms with E-state index in [1.807, 2.05) is 0 Å². The Bertz CT molecular complexity index is 517. The fourth-order valence-electron chi connectivity index (χ4n) is 3.67. The van der Waals surface area contributed by atoms with Gasteiger partial charge in [0.15, 0.2) is 6.04 Å². The lowest BCUT2D eigenvalue weighted by molar-refractivity contribution is -0.749. The fourth-order valence-corrected chi connectivity index (χ4v) is 3.67. The average molecular weight is 236 g/mol. The molecule has 2 aliphatic rings. The Morgan fingerprint density at radius 2 is 1.33 bits per heavy atom. The third kappa shape index (κ3) is 1.25. The Hall–Kier alpha value is -1.60. The first-order valence-corrected chi connectivity index (χ1v) is 6.81. The summed E-state index contributed by atoms with van der Waals surface area (Å²) in [6.45, 7) is 3.77. The van der Waals surface area contributed by atoms with Crippen LogP contribution < -0.4 is 0 Å². The molecule has 2 fully saturated rings. The Kier molecular flexibility index (Phi) is 1.98. The van der Waals surface area contributed by atoms with Crippen molar-refractivity contribution in [1.29, 1.82) is 0 Å². The molecule has 2 heterocycles. The number of hydrogen-bond acceptors (Lipinski definition) is 0. The van der Waals surface area contributed by atoms with E-state index in [0.717, 1.165) is 12.1 Å². The zero-order valence-corrected chi connectivity index (χ0v) is 10.7. The molecular formula is C17H18N+. The molecule has 2 aliphatic heterocycles. The molecule has 0 bridgehead atoms. The van der Waals surface area contributed by atoms with Crippen LogP contribution in [0.15, 0.2) is 60.7 Å². The predicted octanol–water partition coefficient (Wildman–Crippen LogP) is 3.38. The van der Waals surface area contributed by atoms with Gasteiger partial charge >= 0.3 is 0 Å². The molecule has 3 atom stereocenters. The van der Waals surface area contributed by atoms with Gasteiger partial charge in [0.25, 0.3) is 0 Å². The van der Waals surface area contributed by atoms with E-state index in [-0.39, 0.29) is 0 Å². The van der Waals surface area contributed by atoms with Crippen LogP contribution in [-0.4, -0.2) is 23.1 Å². The van der Waals surface area contributed by atoms with Crippen molar-refractivity contribution in [3.8, 4) is 0 Å². The first kappa shape index (κ1) is 10.3. The summed E-state index contributed by atoms with van der Waals surface area (Å²) >= 11 is 0. The lowest BCUT2D eigenvalue weighted by Gasteiger charge is -2.22. The first-order valence-electron chi connectivity index (χ1n) is 6.81. The molecule has 3 unspecified atom stereocenters. The SMILES string of the molecule is CC1C2C[N+]12C(c1ccccc1)c1ccccc1. The molecule has 0 radical (unpaired) electrons. The lowest BCUT2D eigenvalue weighted by Crippen LogP contribution is -2.26. The van der Waals surface area contributed by atoms with Gasteiger partial charge in [-0.2, -0.15) is 0 Å². The second-order valence-corrected chi connectivity index (χ2v) is 5.71. The van der Waals surface area contributed by atoms with Crippen LogP contribution in [0.5, 0.6) is 0 Å². The maximum Gasteiger partial charge on any atom is 0.192 e. The standard InChI is InChI=1S/C17H18N/c1-13-16-12-18(13,16)17(14-8-4-2-5-9-14)15-10-6-3-7-11-15/h2-11,13,16-17H,12H2,1H3/q+1. The second-order valence-electron chi connectivity index (χ2n) is 5.71. The van der Waals surface area contributed by atoms with E-state index in [4.69, 9.17) is 0 Å². The smallest absolute Gasteiger partial charge is 0.192 e. The molecule has 0 spiro atoms. The summed E-state index contributed by atoms with van der Waals surface area (Å²) in [6, 6.07) is 24.3. The second kappa shape index (κ2) is 3.46. The molecule has 1 heteroatoms. The highest BCUT2D eigenvalue weighted by Crippen LogP contribution is 2.63. The minimum Gasteiger partial charge on any atom is -0.289 e. The predicted molar refractivity (Wildman–Crippen MR) is 73.1 cm³/mol. The van der Waals surface area contributed by atoms with E-state index in [2.05, 4.69) is 67.6 Å². The van der Waals surface area contributed by atoms with Crippen LogP contribution >= 0.6 is 0 Å². The van der Waals surface area contributed by atoms with Crippen LogP contribution in [0.4, 0.5) is 0 Å². The van der Waals surface area contributed by atoms with E-state index >= 15 is 0 Å². The summed E-state index contributed by atoms with van der Waals surface area (Å²) in [7, 11) is 0. The average Bonchev–Trinajstić information content (AvgIpc) is 3.30. The molecule has 0 aliphatic carbocycles. The summed E-state index contributed by atoms with van der Waals surface area (Å²) in [6.07, 6.45) is 0. The van der Waals surface area contributed by atoms with Gasteiger partial charge < -0.3 is 0 Å². The normalized spacial score (nSPS) is 32.1. The zero-order valence-electron chi connectivity index (χ0n) is 10.7. The van der Waals surface area contributed by atoms with Gasteiger partial charge in [0.05, 0.1) is 0 Å². The molecule has 0 amide bonds. The van der Waals surface area contributed by atoms with Gasteiger partial charge in [-0.25, -0.2) is 0 Å². The van der Waals surface area contributed by atoms with Crippen molar-refractivity contribution < 1.29 is 4.48 Å². The Balaban J connectivity index is 1.81. The minimum absolute atomic E-state index is 0.549. The third-order valence-corrected chi connectivity index (χ3v) is 4.92. The van der Waals surface area contributed by atoms with Gasteiger partial charge in [-0.15, -0.1) is 0 Å². The van der Waals surface area contributed by atoms with E-state index in [9.17, 15) is 0 Å². The van der Waals surface area contributed by atoms with Crippen molar-refractivity contribution in [1.82, 2.24) is 0 Å². The molecule has 2 aromatic rings. The Labute approximate surface area is 108 Å². The zero-order chi connectivity index (χ0) is 12.2. The highest BCUT2D eigenvalue weighted by Gasteiger charge is 2.83. The van der Waals surface area contributed by atoms with E-state index in [1.165, 1.54) is 22.2 Å². The van der Waals surface area contributed by atoms with Crippen LogP contribution in [0.3, 0.4) is 0 Å². The fraction of sp³-hybridized carbons (Fsp3) is 0.294. The molecule has 90 valence electrons.